The Morgan fingerprint density at radius 3 is 1.21 bits per heavy atom. The van der Waals surface area contributed by atoms with Crippen molar-refractivity contribution in [2.24, 2.45) is 0 Å². The number of hydrogen-bond donors (Lipinski definition) is 2. The van der Waals surface area contributed by atoms with Crippen molar-refractivity contribution < 1.29 is 10.2 Å². The Hall–Kier alpha value is -5.29. The molecule has 0 aliphatic rings. The minimum absolute atomic E-state index is 0.216. The number of phenolic OH excluding ortho intramolecular Hbond substituents is 2. The number of rotatable bonds is 5. The Morgan fingerprint density at radius 2 is 0.737 bits per heavy atom. The van der Waals surface area contributed by atoms with Crippen molar-refractivity contribution in [2.75, 3.05) is 0 Å². The van der Waals surface area contributed by atoms with Crippen LogP contribution in [0.25, 0.3) is 56.4 Å². The predicted molar refractivity (Wildman–Crippen MR) is 150 cm³/mol. The number of phenols is 2. The standard InChI is InChI=1S/C33H23N3O2/c37-26-16-12-23(13-17-26)28-8-4-10-30(34-28)32-20-25(22-6-2-1-3-7-22)21-33(36-32)31-11-5-9-29(35-31)24-14-18-27(38)19-15-24/h1-21,37-38H. The van der Waals surface area contributed by atoms with Gasteiger partial charge in [-0.1, -0.05) is 42.5 Å². The normalized spacial score (nSPS) is 10.8. The highest BCUT2D eigenvalue weighted by Gasteiger charge is 2.13. The number of aromatic hydroxyl groups is 2. The summed E-state index contributed by atoms with van der Waals surface area (Å²) in [7, 11) is 0. The van der Waals surface area contributed by atoms with Gasteiger partial charge < -0.3 is 10.2 Å². The molecule has 6 aromatic rings. The summed E-state index contributed by atoms with van der Waals surface area (Å²) in [6, 6.07) is 40.0. The van der Waals surface area contributed by atoms with Crippen molar-refractivity contribution >= 4 is 0 Å². The van der Waals surface area contributed by atoms with E-state index in [9.17, 15) is 10.2 Å². The summed E-state index contributed by atoms with van der Waals surface area (Å²) in [5.74, 6) is 0.433. The second kappa shape index (κ2) is 9.99. The zero-order valence-electron chi connectivity index (χ0n) is 20.4. The molecule has 5 nitrogen and oxygen atoms in total. The number of pyridine rings is 3. The van der Waals surface area contributed by atoms with Gasteiger partial charge in [0.05, 0.1) is 34.2 Å². The van der Waals surface area contributed by atoms with Crippen LogP contribution in [-0.2, 0) is 0 Å². The van der Waals surface area contributed by atoms with Crippen molar-refractivity contribution in [1.82, 2.24) is 15.0 Å². The van der Waals surface area contributed by atoms with Gasteiger partial charge in [-0.15, -0.1) is 0 Å². The lowest BCUT2D eigenvalue weighted by Gasteiger charge is -2.11. The van der Waals surface area contributed by atoms with Crippen LogP contribution in [-0.4, -0.2) is 25.2 Å². The molecule has 0 aliphatic heterocycles. The topological polar surface area (TPSA) is 79.1 Å². The summed E-state index contributed by atoms with van der Waals surface area (Å²) in [6.07, 6.45) is 0. The highest BCUT2D eigenvalue weighted by atomic mass is 16.3. The molecule has 182 valence electrons. The summed E-state index contributed by atoms with van der Waals surface area (Å²) in [5.41, 5.74) is 8.44. The SMILES string of the molecule is Oc1ccc(-c2cccc(-c3cc(-c4ccccc4)cc(-c4cccc(-c5ccc(O)cc5)n4)n3)n2)cc1. The highest BCUT2D eigenvalue weighted by Crippen LogP contribution is 2.31. The first-order chi connectivity index (χ1) is 18.6. The van der Waals surface area contributed by atoms with Gasteiger partial charge in [0.15, 0.2) is 0 Å². The van der Waals surface area contributed by atoms with E-state index in [1.165, 1.54) is 0 Å². The van der Waals surface area contributed by atoms with Gasteiger partial charge in [0.1, 0.15) is 11.5 Å². The molecule has 0 fully saturated rings. The van der Waals surface area contributed by atoms with E-state index in [2.05, 4.69) is 12.1 Å². The maximum Gasteiger partial charge on any atom is 0.115 e. The van der Waals surface area contributed by atoms with Gasteiger partial charge in [-0.25, -0.2) is 15.0 Å². The summed E-state index contributed by atoms with van der Waals surface area (Å²) in [5, 5.41) is 19.3. The molecule has 0 unspecified atom stereocenters. The van der Waals surface area contributed by atoms with Crippen LogP contribution in [0.3, 0.4) is 0 Å². The van der Waals surface area contributed by atoms with Crippen LogP contribution in [0.2, 0.25) is 0 Å². The van der Waals surface area contributed by atoms with Crippen LogP contribution in [0.4, 0.5) is 0 Å². The van der Waals surface area contributed by atoms with E-state index in [0.29, 0.717) is 0 Å². The Labute approximate surface area is 220 Å². The number of benzene rings is 3. The van der Waals surface area contributed by atoms with E-state index in [0.717, 1.165) is 56.4 Å². The first-order valence-electron chi connectivity index (χ1n) is 12.2. The second-order valence-electron chi connectivity index (χ2n) is 8.90. The monoisotopic (exact) mass is 493 g/mol. The Balaban J connectivity index is 1.48. The first kappa shape index (κ1) is 23.1. The summed E-state index contributed by atoms with van der Waals surface area (Å²) < 4.78 is 0. The van der Waals surface area contributed by atoms with E-state index in [1.54, 1.807) is 24.3 Å². The molecule has 2 N–H and O–H groups in total. The van der Waals surface area contributed by atoms with Gasteiger partial charge >= 0.3 is 0 Å². The third-order valence-corrected chi connectivity index (χ3v) is 6.28. The second-order valence-corrected chi connectivity index (χ2v) is 8.90. The molecule has 0 spiro atoms. The molecule has 3 aromatic heterocycles. The first-order valence-corrected chi connectivity index (χ1v) is 12.2. The Morgan fingerprint density at radius 1 is 0.316 bits per heavy atom. The van der Waals surface area contributed by atoms with Crippen LogP contribution in [0.15, 0.2) is 127 Å². The summed E-state index contributed by atoms with van der Waals surface area (Å²) >= 11 is 0. The minimum atomic E-state index is 0.216. The van der Waals surface area contributed by atoms with Crippen molar-refractivity contribution in [3.63, 3.8) is 0 Å². The zero-order chi connectivity index (χ0) is 25.9. The fourth-order valence-electron chi connectivity index (χ4n) is 4.33. The van der Waals surface area contributed by atoms with Crippen molar-refractivity contribution in [2.45, 2.75) is 0 Å². The van der Waals surface area contributed by atoms with Gasteiger partial charge in [0, 0.05) is 11.1 Å². The molecular weight excluding hydrogens is 470 g/mol. The molecule has 0 aliphatic carbocycles. The van der Waals surface area contributed by atoms with E-state index in [-0.39, 0.29) is 11.5 Å². The fraction of sp³-hybridized carbons (Fsp3) is 0. The van der Waals surface area contributed by atoms with E-state index in [1.807, 2.05) is 91.0 Å². The quantitative estimate of drug-likeness (QED) is 0.258. The van der Waals surface area contributed by atoms with Crippen LogP contribution >= 0.6 is 0 Å². The number of aromatic nitrogens is 3. The lowest BCUT2D eigenvalue weighted by Crippen LogP contribution is -1.96. The van der Waals surface area contributed by atoms with Crippen LogP contribution in [0, 0.1) is 0 Å². The summed E-state index contributed by atoms with van der Waals surface area (Å²) in [4.78, 5) is 14.8. The highest BCUT2D eigenvalue weighted by molar-refractivity contribution is 5.76. The number of nitrogens with zero attached hydrogens (tertiary/aromatic N) is 3. The zero-order valence-corrected chi connectivity index (χ0v) is 20.4. The smallest absolute Gasteiger partial charge is 0.115 e. The molecule has 0 atom stereocenters. The molecule has 5 heteroatoms. The van der Waals surface area contributed by atoms with Gasteiger partial charge in [-0.2, -0.15) is 0 Å². The molecule has 0 radical (unpaired) electrons. The Kier molecular flexibility index (Phi) is 6.08. The maximum absolute atomic E-state index is 9.67. The molecule has 38 heavy (non-hydrogen) atoms. The molecule has 3 heterocycles. The van der Waals surface area contributed by atoms with Crippen LogP contribution < -0.4 is 0 Å². The molecule has 3 aromatic carbocycles. The molecule has 0 amide bonds. The molecule has 0 bridgehead atoms. The molecule has 6 rings (SSSR count). The van der Waals surface area contributed by atoms with Crippen molar-refractivity contribution in [3.05, 3.63) is 127 Å². The lowest BCUT2D eigenvalue weighted by atomic mass is 10.0. The van der Waals surface area contributed by atoms with Crippen molar-refractivity contribution in [1.29, 1.82) is 0 Å². The Bertz CT molecular complexity index is 1610. The van der Waals surface area contributed by atoms with Crippen molar-refractivity contribution in [3.8, 4) is 67.9 Å². The van der Waals surface area contributed by atoms with E-state index < -0.39 is 0 Å². The number of hydrogen-bond acceptors (Lipinski definition) is 5. The maximum atomic E-state index is 9.67. The minimum Gasteiger partial charge on any atom is -0.508 e. The largest absolute Gasteiger partial charge is 0.508 e. The average molecular weight is 494 g/mol. The third kappa shape index (κ3) is 4.86. The average Bonchev–Trinajstić information content (AvgIpc) is 2.98. The fourth-order valence-corrected chi connectivity index (χ4v) is 4.33. The molecular formula is C33H23N3O2. The molecule has 0 saturated carbocycles. The van der Waals surface area contributed by atoms with Gasteiger partial charge in [-0.05, 0) is 96.1 Å². The van der Waals surface area contributed by atoms with Gasteiger partial charge in [0.25, 0.3) is 0 Å². The van der Waals surface area contributed by atoms with Crippen LogP contribution in [0.1, 0.15) is 0 Å². The van der Waals surface area contributed by atoms with Gasteiger partial charge in [-0.3, -0.25) is 0 Å². The van der Waals surface area contributed by atoms with E-state index in [4.69, 9.17) is 15.0 Å². The summed E-state index contributed by atoms with van der Waals surface area (Å²) in [6.45, 7) is 0. The van der Waals surface area contributed by atoms with Crippen LogP contribution in [0.5, 0.6) is 11.5 Å². The van der Waals surface area contributed by atoms with Gasteiger partial charge in [0.2, 0.25) is 0 Å². The molecule has 0 saturated heterocycles. The predicted octanol–water partition coefficient (Wildman–Crippen LogP) is 7.62. The van der Waals surface area contributed by atoms with E-state index >= 15 is 0 Å². The lowest BCUT2D eigenvalue weighted by molar-refractivity contribution is 0.475. The third-order valence-electron chi connectivity index (χ3n) is 6.28.